The molecule has 4 aromatic carbocycles. The molecule has 0 amide bonds. The van der Waals surface area contributed by atoms with Crippen LogP contribution in [0.3, 0.4) is 0 Å². The van der Waals surface area contributed by atoms with Crippen molar-refractivity contribution < 1.29 is 26.8 Å². The third kappa shape index (κ3) is 3.71. The average Bonchev–Trinajstić information content (AvgIpc) is 3.59. The van der Waals surface area contributed by atoms with E-state index < -0.39 is 21.1 Å². The Morgan fingerprint density at radius 2 is 0.970 bits per heavy atom. The Kier molecular flexibility index (Phi) is 5.36. The summed E-state index contributed by atoms with van der Waals surface area (Å²) >= 11 is -4.08. The molecule has 6 rings (SSSR count). The van der Waals surface area contributed by atoms with Crippen LogP contribution in [0.1, 0.15) is 12.8 Å². The van der Waals surface area contributed by atoms with Crippen LogP contribution in [0.4, 0.5) is 0 Å². The van der Waals surface area contributed by atoms with E-state index >= 15 is 0 Å². The SMILES string of the molecule is C1=CC[C]([Zr]([O]c2cccc3ccccc23)([O]c2cccc3ccccc23)[C]2=CC=CC2)=C1. The van der Waals surface area contributed by atoms with Crippen LogP contribution in [0.25, 0.3) is 21.5 Å². The van der Waals surface area contributed by atoms with E-state index in [0.717, 1.165) is 35.1 Å². The van der Waals surface area contributed by atoms with Crippen LogP contribution in [-0.2, 0) is 21.1 Å². The van der Waals surface area contributed by atoms with E-state index in [1.807, 2.05) is 0 Å². The number of hydrogen-bond donors (Lipinski definition) is 0. The fraction of sp³-hybridized carbons (Fsp3) is 0.0667. The van der Waals surface area contributed by atoms with Gasteiger partial charge in [0.2, 0.25) is 0 Å². The molecule has 3 heteroatoms. The molecule has 0 heterocycles. The molecule has 2 nitrogen and oxygen atoms in total. The van der Waals surface area contributed by atoms with E-state index in [0.29, 0.717) is 0 Å². The first-order valence-corrected chi connectivity index (χ1v) is 15.9. The van der Waals surface area contributed by atoms with Gasteiger partial charge in [-0.3, -0.25) is 0 Å². The van der Waals surface area contributed by atoms with Crippen molar-refractivity contribution in [1.29, 1.82) is 0 Å². The van der Waals surface area contributed by atoms with Gasteiger partial charge in [0.15, 0.2) is 0 Å². The Morgan fingerprint density at radius 1 is 0.515 bits per heavy atom. The van der Waals surface area contributed by atoms with Crippen LogP contribution in [-0.4, -0.2) is 0 Å². The molecule has 0 fully saturated rings. The zero-order valence-electron chi connectivity index (χ0n) is 18.3. The first-order chi connectivity index (χ1) is 16.3. The van der Waals surface area contributed by atoms with Crippen molar-refractivity contribution >= 4 is 21.5 Å². The molecule has 0 spiro atoms. The molecule has 0 bridgehead atoms. The molecule has 0 N–H and O–H groups in total. The molecule has 0 aliphatic heterocycles. The fourth-order valence-corrected chi connectivity index (χ4v) is 13.0. The molecular weight excluding hydrogens is 484 g/mol. The zero-order valence-corrected chi connectivity index (χ0v) is 20.7. The minimum absolute atomic E-state index is 0.878. The summed E-state index contributed by atoms with van der Waals surface area (Å²) in [5, 5.41) is 4.61. The summed E-state index contributed by atoms with van der Waals surface area (Å²) in [6, 6.07) is 29.5. The second kappa shape index (κ2) is 8.65. The number of rotatable bonds is 6. The summed E-state index contributed by atoms with van der Waals surface area (Å²) in [5.74, 6) is 1.81. The van der Waals surface area contributed by atoms with Gasteiger partial charge >= 0.3 is 201 Å². The predicted octanol–water partition coefficient (Wildman–Crippen LogP) is 8.12. The van der Waals surface area contributed by atoms with Gasteiger partial charge in [0.25, 0.3) is 0 Å². The van der Waals surface area contributed by atoms with Crippen LogP contribution < -0.4 is 5.63 Å². The zero-order chi connectivity index (χ0) is 22.1. The Labute approximate surface area is 199 Å². The number of benzene rings is 4. The summed E-state index contributed by atoms with van der Waals surface area (Å²) in [4.78, 5) is 0. The van der Waals surface area contributed by atoms with Crippen LogP contribution in [0.5, 0.6) is 11.5 Å². The van der Waals surface area contributed by atoms with Gasteiger partial charge in [-0.1, -0.05) is 0 Å². The predicted molar refractivity (Wildman–Crippen MR) is 133 cm³/mol. The summed E-state index contributed by atoms with van der Waals surface area (Å²) < 4.78 is 17.0. The van der Waals surface area contributed by atoms with Gasteiger partial charge in [-0.05, 0) is 0 Å². The number of hydrogen-bond acceptors (Lipinski definition) is 2. The van der Waals surface area contributed by atoms with E-state index in [2.05, 4.69) is 121 Å². The second-order valence-corrected chi connectivity index (χ2v) is 15.6. The van der Waals surface area contributed by atoms with Gasteiger partial charge in [-0.15, -0.1) is 0 Å². The number of fused-ring (bicyclic) bond motifs is 2. The average molecular weight is 508 g/mol. The topological polar surface area (TPSA) is 18.5 Å². The fourth-order valence-electron chi connectivity index (χ4n) is 4.75. The molecular formula is C30H24O2Zr. The van der Waals surface area contributed by atoms with Crippen LogP contribution in [0, 0.1) is 0 Å². The molecule has 0 atom stereocenters. The molecule has 0 unspecified atom stereocenters. The van der Waals surface area contributed by atoms with E-state index in [9.17, 15) is 0 Å². The third-order valence-electron chi connectivity index (χ3n) is 6.39. The van der Waals surface area contributed by atoms with Crippen molar-refractivity contribution in [2.45, 2.75) is 12.8 Å². The molecule has 4 aromatic rings. The Morgan fingerprint density at radius 3 is 1.42 bits per heavy atom. The van der Waals surface area contributed by atoms with Crippen molar-refractivity contribution in [3.63, 3.8) is 0 Å². The molecule has 2 aliphatic carbocycles. The van der Waals surface area contributed by atoms with Crippen molar-refractivity contribution in [3.05, 3.63) is 128 Å². The quantitative estimate of drug-likeness (QED) is 0.262. The van der Waals surface area contributed by atoms with Gasteiger partial charge in [-0.25, -0.2) is 0 Å². The second-order valence-electron chi connectivity index (χ2n) is 8.42. The molecule has 0 aromatic heterocycles. The van der Waals surface area contributed by atoms with Crippen LogP contribution in [0.2, 0.25) is 0 Å². The van der Waals surface area contributed by atoms with E-state index in [1.165, 1.54) is 17.3 Å². The molecule has 160 valence electrons. The summed E-state index contributed by atoms with van der Waals surface area (Å²) in [6.07, 6.45) is 14.9. The first kappa shape index (κ1) is 20.5. The van der Waals surface area contributed by atoms with E-state index in [-0.39, 0.29) is 0 Å². The van der Waals surface area contributed by atoms with Crippen molar-refractivity contribution in [2.24, 2.45) is 0 Å². The van der Waals surface area contributed by atoms with Gasteiger partial charge < -0.3 is 0 Å². The van der Waals surface area contributed by atoms with Gasteiger partial charge in [0.1, 0.15) is 0 Å². The van der Waals surface area contributed by atoms with Crippen LogP contribution >= 0.6 is 0 Å². The summed E-state index contributed by atoms with van der Waals surface area (Å²) in [6.45, 7) is 0. The maximum atomic E-state index is 7.21. The van der Waals surface area contributed by atoms with Gasteiger partial charge in [-0.2, -0.15) is 0 Å². The van der Waals surface area contributed by atoms with Crippen LogP contribution in [0.15, 0.2) is 128 Å². The Hall–Kier alpha value is -3.16. The van der Waals surface area contributed by atoms with Gasteiger partial charge in [0.05, 0.1) is 0 Å². The molecule has 0 radical (unpaired) electrons. The molecule has 33 heavy (non-hydrogen) atoms. The molecule has 0 saturated heterocycles. The molecule has 0 saturated carbocycles. The third-order valence-corrected chi connectivity index (χ3v) is 14.9. The Bertz CT molecular complexity index is 1350. The summed E-state index contributed by atoms with van der Waals surface area (Å²) in [7, 11) is 0. The van der Waals surface area contributed by atoms with Crippen molar-refractivity contribution in [1.82, 2.24) is 0 Å². The minimum atomic E-state index is -4.08. The summed E-state index contributed by atoms with van der Waals surface area (Å²) in [5.41, 5.74) is 0. The van der Waals surface area contributed by atoms with E-state index in [1.54, 1.807) is 0 Å². The Balaban J connectivity index is 1.55. The molecule has 2 aliphatic rings. The van der Waals surface area contributed by atoms with Crippen molar-refractivity contribution in [2.75, 3.05) is 0 Å². The first-order valence-electron chi connectivity index (χ1n) is 11.4. The normalized spacial score (nSPS) is 15.2. The standard InChI is InChI=1S/2C10H8O.2C5H5.Zr/c2*11-10-7-3-5-8-4-1-2-6-9(8)10;2*1-2-4-5-3-1;/h2*1-7,11H;2*1-3H,4H2;/q;;;;+2/p-2. The van der Waals surface area contributed by atoms with Crippen molar-refractivity contribution in [3.8, 4) is 11.5 Å². The van der Waals surface area contributed by atoms with Gasteiger partial charge in [0, 0.05) is 0 Å². The monoisotopic (exact) mass is 506 g/mol. The van der Waals surface area contributed by atoms with E-state index in [4.69, 9.17) is 5.63 Å². The maximum absolute atomic E-state index is 7.21. The number of allylic oxidation sites excluding steroid dienone is 8.